The molecule has 4 rings (SSSR count). The summed E-state index contributed by atoms with van der Waals surface area (Å²) in [6.45, 7) is 2.85. The Kier molecular flexibility index (Phi) is 5.19. The zero-order valence-corrected chi connectivity index (χ0v) is 15.9. The van der Waals surface area contributed by atoms with Gasteiger partial charge in [0.25, 0.3) is 5.91 Å². The Bertz CT molecular complexity index is 788. The van der Waals surface area contributed by atoms with Gasteiger partial charge in [0.05, 0.1) is 12.5 Å². The second kappa shape index (κ2) is 7.75. The molecule has 1 heterocycles. The number of amides is 1. The Hall–Kier alpha value is -2.30. The van der Waals surface area contributed by atoms with Crippen LogP contribution in [0, 0.1) is 11.8 Å². The predicted molar refractivity (Wildman–Crippen MR) is 102 cm³/mol. The molecule has 5 nitrogen and oxygen atoms in total. The lowest BCUT2D eigenvalue weighted by atomic mass is 9.93. The van der Waals surface area contributed by atoms with Gasteiger partial charge in [0.1, 0.15) is 5.58 Å². The largest absolute Gasteiger partial charge is 0.466 e. The lowest BCUT2D eigenvalue weighted by molar-refractivity contribution is -0.145. The summed E-state index contributed by atoms with van der Waals surface area (Å²) in [6.07, 6.45) is 6.42. The Morgan fingerprint density at radius 3 is 2.70 bits per heavy atom. The molecule has 0 N–H and O–H groups in total. The number of furan rings is 1. The number of hydrogen-bond acceptors (Lipinski definition) is 4. The number of rotatable bonds is 6. The first kappa shape index (κ1) is 18.1. The van der Waals surface area contributed by atoms with Crippen molar-refractivity contribution in [1.29, 1.82) is 0 Å². The maximum Gasteiger partial charge on any atom is 0.309 e. The number of carbonyl (C=O) groups excluding carboxylic acids is 2. The number of hydrogen-bond donors (Lipinski definition) is 0. The highest BCUT2D eigenvalue weighted by molar-refractivity contribution is 5.96. The van der Waals surface area contributed by atoms with Gasteiger partial charge in [-0.1, -0.05) is 37.5 Å². The molecule has 2 saturated carbocycles. The molecule has 2 aromatic rings. The summed E-state index contributed by atoms with van der Waals surface area (Å²) >= 11 is 0. The number of carbonyl (C=O) groups is 2. The molecule has 1 aromatic carbocycles. The molecule has 5 heteroatoms. The van der Waals surface area contributed by atoms with Crippen molar-refractivity contribution in [3.05, 3.63) is 36.1 Å². The van der Waals surface area contributed by atoms with Crippen molar-refractivity contribution in [3.8, 4) is 0 Å². The van der Waals surface area contributed by atoms with E-state index in [4.69, 9.17) is 9.15 Å². The van der Waals surface area contributed by atoms with Crippen LogP contribution in [-0.4, -0.2) is 36.0 Å². The minimum Gasteiger partial charge on any atom is -0.466 e. The van der Waals surface area contributed by atoms with E-state index in [9.17, 15) is 9.59 Å². The highest BCUT2D eigenvalue weighted by Gasteiger charge is 2.46. The van der Waals surface area contributed by atoms with E-state index in [2.05, 4.69) is 0 Å². The molecule has 2 aliphatic rings. The lowest BCUT2D eigenvalue weighted by Crippen LogP contribution is -2.43. The predicted octanol–water partition coefficient (Wildman–Crippen LogP) is 4.41. The highest BCUT2D eigenvalue weighted by atomic mass is 16.5. The van der Waals surface area contributed by atoms with Gasteiger partial charge < -0.3 is 14.1 Å². The zero-order valence-electron chi connectivity index (χ0n) is 15.9. The number of fused-ring (bicyclic) bond motifs is 1. The van der Waals surface area contributed by atoms with E-state index in [0.29, 0.717) is 18.9 Å². The fourth-order valence-electron chi connectivity index (χ4n) is 4.26. The van der Waals surface area contributed by atoms with Crippen molar-refractivity contribution in [2.45, 2.75) is 51.5 Å². The van der Waals surface area contributed by atoms with Crippen LogP contribution in [0.4, 0.5) is 0 Å². The van der Waals surface area contributed by atoms with Crippen molar-refractivity contribution in [2.75, 3.05) is 13.2 Å². The maximum absolute atomic E-state index is 13.3. The normalized spacial score (nSPS) is 22.6. The van der Waals surface area contributed by atoms with Crippen LogP contribution in [0.25, 0.3) is 11.0 Å². The standard InChI is InChI=1S/C22H27NO4/c1-2-26-22(25)18-12-16(18)14-23(17-9-4-3-5-10-17)21(24)20-13-15-8-6-7-11-19(15)27-20/h6-8,11,13,16-18H,2-5,9-10,12,14H2,1H3/t16-,18+/m0/s1. The molecular weight excluding hydrogens is 342 g/mol. The molecule has 0 spiro atoms. The second-order valence-electron chi connectivity index (χ2n) is 7.75. The molecule has 0 aliphatic heterocycles. The number of para-hydroxylation sites is 1. The Labute approximate surface area is 159 Å². The summed E-state index contributed by atoms with van der Waals surface area (Å²) in [5.41, 5.74) is 0.736. The van der Waals surface area contributed by atoms with Crippen molar-refractivity contribution in [1.82, 2.24) is 4.90 Å². The number of benzene rings is 1. The molecule has 27 heavy (non-hydrogen) atoms. The van der Waals surface area contributed by atoms with Crippen LogP contribution < -0.4 is 0 Å². The van der Waals surface area contributed by atoms with Crippen molar-refractivity contribution >= 4 is 22.8 Å². The van der Waals surface area contributed by atoms with E-state index in [0.717, 1.165) is 43.1 Å². The molecule has 1 amide bonds. The third kappa shape index (κ3) is 3.87. The fraction of sp³-hybridized carbons (Fsp3) is 0.545. The van der Waals surface area contributed by atoms with Crippen LogP contribution >= 0.6 is 0 Å². The van der Waals surface area contributed by atoms with Crippen LogP contribution in [0.15, 0.2) is 34.7 Å². The first-order valence-electron chi connectivity index (χ1n) is 10.1. The van der Waals surface area contributed by atoms with Crippen LogP contribution in [0.5, 0.6) is 0 Å². The molecule has 2 fully saturated rings. The number of ether oxygens (including phenoxy) is 1. The van der Waals surface area contributed by atoms with Crippen LogP contribution in [0.1, 0.15) is 56.0 Å². The molecule has 2 atom stereocenters. The van der Waals surface area contributed by atoms with Gasteiger partial charge in [-0.15, -0.1) is 0 Å². The van der Waals surface area contributed by atoms with Gasteiger partial charge >= 0.3 is 5.97 Å². The van der Waals surface area contributed by atoms with Gasteiger partial charge in [0.2, 0.25) is 0 Å². The Balaban J connectivity index is 1.52. The number of esters is 1. The van der Waals surface area contributed by atoms with Crippen molar-refractivity contribution in [3.63, 3.8) is 0 Å². The van der Waals surface area contributed by atoms with Crippen LogP contribution in [-0.2, 0) is 9.53 Å². The number of nitrogens with zero attached hydrogens (tertiary/aromatic N) is 1. The third-order valence-corrected chi connectivity index (χ3v) is 5.86. The van der Waals surface area contributed by atoms with Gasteiger partial charge in [-0.05, 0) is 44.2 Å². The van der Waals surface area contributed by atoms with Gasteiger partial charge in [-0.2, -0.15) is 0 Å². The zero-order chi connectivity index (χ0) is 18.8. The first-order chi connectivity index (χ1) is 13.2. The summed E-state index contributed by atoms with van der Waals surface area (Å²) in [6, 6.07) is 9.77. The minimum absolute atomic E-state index is 0.0485. The lowest BCUT2D eigenvalue weighted by Gasteiger charge is -2.34. The van der Waals surface area contributed by atoms with Crippen LogP contribution in [0.3, 0.4) is 0 Å². The van der Waals surface area contributed by atoms with E-state index in [1.54, 1.807) is 0 Å². The summed E-state index contributed by atoms with van der Waals surface area (Å²) in [7, 11) is 0. The Morgan fingerprint density at radius 1 is 1.19 bits per heavy atom. The molecular formula is C22H27NO4. The van der Waals surface area contributed by atoms with E-state index in [-0.39, 0.29) is 29.8 Å². The Morgan fingerprint density at radius 2 is 1.96 bits per heavy atom. The average molecular weight is 369 g/mol. The summed E-state index contributed by atoms with van der Waals surface area (Å²) in [5.74, 6) is 0.379. The quantitative estimate of drug-likeness (QED) is 0.708. The van der Waals surface area contributed by atoms with Gasteiger partial charge in [0.15, 0.2) is 5.76 Å². The summed E-state index contributed by atoms with van der Waals surface area (Å²) < 4.78 is 11.0. The van der Waals surface area contributed by atoms with Crippen molar-refractivity contribution in [2.24, 2.45) is 11.8 Å². The molecule has 0 bridgehead atoms. The molecule has 2 aliphatic carbocycles. The summed E-state index contributed by atoms with van der Waals surface area (Å²) in [5, 5.41) is 0.945. The minimum atomic E-state index is -0.123. The molecule has 0 radical (unpaired) electrons. The second-order valence-corrected chi connectivity index (χ2v) is 7.75. The molecule has 1 aromatic heterocycles. The van der Waals surface area contributed by atoms with Crippen LogP contribution in [0.2, 0.25) is 0 Å². The maximum atomic E-state index is 13.3. The molecule has 0 unspecified atom stereocenters. The van der Waals surface area contributed by atoms with Crippen molar-refractivity contribution < 1.29 is 18.7 Å². The monoisotopic (exact) mass is 369 g/mol. The van der Waals surface area contributed by atoms with E-state index >= 15 is 0 Å². The average Bonchev–Trinajstić information content (AvgIpc) is 3.34. The third-order valence-electron chi connectivity index (χ3n) is 5.86. The van der Waals surface area contributed by atoms with E-state index < -0.39 is 0 Å². The first-order valence-corrected chi connectivity index (χ1v) is 10.1. The topological polar surface area (TPSA) is 59.8 Å². The highest BCUT2D eigenvalue weighted by Crippen LogP contribution is 2.41. The van der Waals surface area contributed by atoms with E-state index in [1.165, 1.54) is 6.42 Å². The summed E-state index contributed by atoms with van der Waals surface area (Å²) in [4.78, 5) is 27.3. The fourth-order valence-corrected chi connectivity index (χ4v) is 4.26. The van der Waals surface area contributed by atoms with Gasteiger partial charge in [-0.25, -0.2) is 0 Å². The molecule has 0 saturated heterocycles. The molecule has 144 valence electrons. The van der Waals surface area contributed by atoms with E-state index in [1.807, 2.05) is 42.2 Å². The van der Waals surface area contributed by atoms with Gasteiger partial charge in [-0.3, -0.25) is 9.59 Å². The van der Waals surface area contributed by atoms with Gasteiger partial charge in [0, 0.05) is 18.0 Å². The smallest absolute Gasteiger partial charge is 0.309 e. The SMILES string of the molecule is CCOC(=O)[C@@H]1C[C@H]1CN(C(=O)c1cc2ccccc2o1)C1CCCCC1.